The van der Waals surface area contributed by atoms with E-state index in [2.05, 4.69) is 10.1 Å². The number of hydrogen-bond donors (Lipinski definition) is 1. The normalized spacial score (nSPS) is 19.8. The van der Waals surface area contributed by atoms with E-state index in [1.54, 1.807) is 0 Å². The van der Waals surface area contributed by atoms with Crippen LogP contribution < -0.4 is 5.73 Å². The van der Waals surface area contributed by atoms with Gasteiger partial charge in [-0.15, -0.1) is 0 Å². The monoisotopic (exact) mass is 181 g/mol. The fraction of sp³-hybridized carbons (Fsp3) is 0.778. The Bertz CT molecular complexity index is 261. The standard InChI is InChI=1S/C9H15N3O/c1-6(5-10)9-11-8(12-13-9)7-3-2-4-7/h6-7H,2-5,10H2,1H3. The van der Waals surface area contributed by atoms with E-state index in [4.69, 9.17) is 10.3 Å². The molecule has 1 fully saturated rings. The Hall–Kier alpha value is -0.900. The van der Waals surface area contributed by atoms with Crippen molar-refractivity contribution in [1.29, 1.82) is 0 Å². The predicted molar refractivity (Wildman–Crippen MR) is 48.4 cm³/mol. The van der Waals surface area contributed by atoms with Crippen molar-refractivity contribution in [2.75, 3.05) is 6.54 Å². The van der Waals surface area contributed by atoms with Crippen LogP contribution >= 0.6 is 0 Å². The van der Waals surface area contributed by atoms with Gasteiger partial charge >= 0.3 is 0 Å². The van der Waals surface area contributed by atoms with Gasteiger partial charge in [-0.05, 0) is 12.8 Å². The molecule has 1 unspecified atom stereocenters. The van der Waals surface area contributed by atoms with Crippen LogP contribution in [0.5, 0.6) is 0 Å². The smallest absolute Gasteiger partial charge is 0.230 e. The third-order valence-corrected chi connectivity index (χ3v) is 2.70. The molecule has 0 bridgehead atoms. The fourth-order valence-corrected chi connectivity index (χ4v) is 1.38. The predicted octanol–water partition coefficient (Wildman–Crippen LogP) is 1.40. The van der Waals surface area contributed by atoms with Crippen molar-refractivity contribution in [2.45, 2.75) is 38.0 Å². The van der Waals surface area contributed by atoms with Crippen LogP contribution in [0.2, 0.25) is 0 Å². The van der Waals surface area contributed by atoms with Gasteiger partial charge in [-0.25, -0.2) is 0 Å². The third-order valence-electron chi connectivity index (χ3n) is 2.70. The van der Waals surface area contributed by atoms with Crippen LogP contribution in [0.1, 0.15) is 49.7 Å². The Morgan fingerprint density at radius 1 is 1.62 bits per heavy atom. The Morgan fingerprint density at radius 3 is 2.92 bits per heavy atom. The van der Waals surface area contributed by atoms with Crippen LogP contribution in [-0.4, -0.2) is 16.7 Å². The lowest BCUT2D eigenvalue weighted by Gasteiger charge is -2.20. The highest BCUT2D eigenvalue weighted by molar-refractivity contribution is 5.01. The lowest BCUT2D eigenvalue weighted by Crippen LogP contribution is -2.12. The maximum Gasteiger partial charge on any atom is 0.230 e. The van der Waals surface area contributed by atoms with Gasteiger partial charge in [0.2, 0.25) is 5.89 Å². The topological polar surface area (TPSA) is 64.9 Å². The van der Waals surface area contributed by atoms with Crippen LogP contribution in [0.15, 0.2) is 4.52 Å². The molecule has 0 aliphatic heterocycles. The SMILES string of the molecule is CC(CN)c1nc(C2CCC2)no1. The van der Waals surface area contributed by atoms with Gasteiger partial charge in [-0.1, -0.05) is 18.5 Å². The van der Waals surface area contributed by atoms with Crippen LogP contribution in [0.3, 0.4) is 0 Å². The molecular weight excluding hydrogens is 166 g/mol. The largest absolute Gasteiger partial charge is 0.339 e. The first-order chi connectivity index (χ1) is 6.31. The molecule has 4 heteroatoms. The molecule has 1 aromatic heterocycles. The Kier molecular flexibility index (Phi) is 2.31. The molecule has 2 N–H and O–H groups in total. The second-order valence-corrected chi connectivity index (χ2v) is 3.76. The summed E-state index contributed by atoms with van der Waals surface area (Å²) < 4.78 is 5.13. The summed E-state index contributed by atoms with van der Waals surface area (Å²) in [6.45, 7) is 2.56. The molecule has 2 rings (SSSR count). The number of hydrogen-bond acceptors (Lipinski definition) is 4. The number of nitrogens with zero attached hydrogens (tertiary/aromatic N) is 2. The molecule has 72 valence electrons. The number of aromatic nitrogens is 2. The van der Waals surface area contributed by atoms with Crippen LogP contribution in [0, 0.1) is 0 Å². The second-order valence-electron chi connectivity index (χ2n) is 3.76. The van der Waals surface area contributed by atoms with Gasteiger partial charge in [0, 0.05) is 18.4 Å². The molecule has 0 spiro atoms. The van der Waals surface area contributed by atoms with Gasteiger partial charge in [0.25, 0.3) is 0 Å². The van der Waals surface area contributed by atoms with Crippen LogP contribution in [0.25, 0.3) is 0 Å². The van der Waals surface area contributed by atoms with E-state index in [1.165, 1.54) is 19.3 Å². The summed E-state index contributed by atoms with van der Waals surface area (Å²) in [6.07, 6.45) is 3.70. The highest BCUT2D eigenvalue weighted by Gasteiger charge is 2.25. The summed E-state index contributed by atoms with van der Waals surface area (Å²) in [4.78, 5) is 4.35. The zero-order valence-corrected chi connectivity index (χ0v) is 7.86. The zero-order valence-electron chi connectivity index (χ0n) is 7.86. The van der Waals surface area contributed by atoms with Crippen molar-refractivity contribution >= 4 is 0 Å². The first-order valence-electron chi connectivity index (χ1n) is 4.85. The average Bonchev–Trinajstić information content (AvgIpc) is 2.49. The molecule has 0 saturated heterocycles. The lowest BCUT2D eigenvalue weighted by atomic mass is 9.85. The fourth-order valence-electron chi connectivity index (χ4n) is 1.38. The van der Waals surface area contributed by atoms with E-state index < -0.39 is 0 Å². The minimum Gasteiger partial charge on any atom is -0.339 e. The van der Waals surface area contributed by atoms with E-state index >= 15 is 0 Å². The molecule has 4 nitrogen and oxygen atoms in total. The zero-order chi connectivity index (χ0) is 9.26. The maximum atomic E-state index is 5.51. The molecule has 1 aromatic rings. The lowest BCUT2D eigenvalue weighted by molar-refractivity contribution is 0.338. The molecule has 1 atom stereocenters. The van der Waals surface area contributed by atoms with E-state index in [0.717, 1.165) is 5.82 Å². The summed E-state index contributed by atoms with van der Waals surface area (Å²) in [5.74, 6) is 2.29. The Labute approximate surface area is 77.5 Å². The van der Waals surface area contributed by atoms with E-state index in [9.17, 15) is 0 Å². The van der Waals surface area contributed by atoms with Gasteiger partial charge in [0.15, 0.2) is 5.82 Å². The van der Waals surface area contributed by atoms with Crippen molar-refractivity contribution in [2.24, 2.45) is 5.73 Å². The Morgan fingerprint density at radius 2 is 2.38 bits per heavy atom. The van der Waals surface area contributed by atoms with Crippen molar-refractivity contribution in [1.82, 2.24) is 10.1 Å². The van der Waals surface area contributed by atoms with Crippen molar-refractivity contribution in [3.05, 3.63) is 11.7 Å². The molecule has 0 amide bonds. The van der Waals surface area contributed by atoms with Crippen molar-refractivity contribution in [3.8, 4) is 0 Å². The molecule has 0 aromatic carbocycles. The molecule has 13 heavy (non-hydrogen) atoms. The quantitative estimate of drug-likeness (QED) is 0.765. The minimum absolute atomic E-state index is 0.182. The summed E-state index contributed by atoms with van der Waals surface area (Å²) in [6, 6.07) is 0. The Balaban J connectivity index is 2.08. The van der Waals surface area contributed by atoms with E-state index in [-0.39, 0.29) is 5.92 Å². The summed E-state index contributed by atoms with van der Waals surface area (Å²) in [5, 5.41) is 3.97. The summed E-state index contributed by atoms with van der Waals surface area (Å²) in [7, 11) is 0. The number of nitrogens with two attached hydrogens (primary N) is 1. The molecule has 0 radical (unpaired) electrons. The summed E-state index contributed by atoms with van der Waals surface area (Å²) >= 11 is 0. The maximum absolute atomic E-state index is 5.51. The molecule has 1 aliphatic carbocycles. The molecule has 1 saturated carbocycles. The minimum atomic E-state index is 0.182. The van der Waals surface area contributed by atoms with Crippen molar-refractivity contribution < 1.29 is 4.52 Å². The van der Waals surface area contributed by atoms with E-state index in [0.29, 0.717) is 18.4 Å². The van der Waals surface area contributed by atoms with Gasteiger partial charge < -0.3 is 10.3 Å². The van der Waals surface area contributed by atoms with Crippen molar-refractivity contribution in [3.63, 3.8) is 0 Å². The van der Waals surface area contributed by atoms with Gasteiger partial charge in [0.1, 0.15) is 0 Å². The number of rotatable bonds is 3. The van der Waals surface area contributed by atoms with E-state index in [1.807, 2.05) is 6.92 Å². The second kappa shape index (κ2) is 3.46. The molecule has 1 aliphatic rings. The molecular formula is C9H15N3O. The molecule has 1 heterocycles. The van der Waals surface area contributed by atoms with Gasteiger partial charge in [-0.2, -0.15) is 4.98 Å². The first-order valence-corrected chi connectivity index (χ1v) is 4.85. The highest BCUT2D eigenvalue weighted by Crippen LogP contribution is 2.34. The first kappa shape index (κ1) is 8.69. The van der Waals surface area contributed by atoms with Crippen LogP contribution in [0.4, 0.5) is 0 Å². The van der Waals surface area contributed by atoms with Gasteiger partial charge in [-0.3, -0.25) is 0 Å². The summed E-state index contributed by atoms with van der Waals surface area (Å²) in [5.41, 5.74) is 5.51. The third kappa shape index (κ3) is 1.58. The highest BCUT2D eigenvalue weighted by atomic mass is 16.5. The average molecular weight is 181 g/mol. The van der Waals surface area contributed by atoms with Crippen LogP contribution in [-0.2, 0) is 0 Å². The van der Waals surface area contributed by atoms with Gasteiger partial charge in [0.05, 0.1) is 0 Å².